The number of rotatable bonds is 6. The molecule has 2 aliphatic heterocycles. The molecule has 2 aromatic rings. The first-order valence-corrected chi connectivity index (χ1v) is 11.6. The minimum absolute atomic E-state index is 0.0462. The van der Waals surface area contributed by atoms with Crippen molar-refractivity contribution in [1.29, 1.82) is 0 Å². The maximum Gasteiger partial charge on any atom is 0.229 e. The lowest BCUT2D eigenvalue weighted by atomic mass is 10.0. The topological polar surface area (TPSA) is 59.9 Å². The summed E-state index contributed by atoms with van der Waals surface area (Å²) in [6, 6.07) is 12.1. The summed E-state index contributed by atoms with van der Waals surface area (Å²) in [7, 11) is 0. The van der Waals surface area contributed by atoms with Crippen molar-refractivity contribution in [3.05, 3.63) is 53.7 Å². The van der Waals surface area contributed by atoms with Crippen LogP contribution in [0, 0.1) is 5.92 Å². The second-order valence-electron chi connectivity index (χ2n) is 8.78. The van der Waals surface area contributed by atoms with Crippen LogP contribution >= 0.6 is 0 Å². The smallest absolute Gasteiger partial charge is 0.229 e. The van der Waals surface area contributed by atoms with Gasteiger partial charge in [-0.05, 0) is 48.6 Å². The van der Waals surface area contributed by atoms with E-state index in [1.807, 2.05) is 42.3 Å². The van der Waals surface area contributed by atoms with Crippen molar-refractivity contribution in [3.8, 4) is 0 Å². The van der Waals surface area contributed by atoms with Gasteiger partial charge in [-0.15, -0.1) is 0 Å². The quantitative estimate of drug-likeness (QED) is 0.774. The number of aliphatic hydroxyl groups is 1. The summed E-state index contributed by atoms with van der Waals surface area (Å²) < 4.78 is 0. The van der Waals surface area contributed by atoms with E-state index in [1.165, 1.54) is 5.56 Å². The lowest BCUT2D eigenvalue weighted by Crippen LogP contribution is -2.34. The van der Waals surface area contributed by atoms with Crippen LogP contribution < -0.4 is 9.80 Å². The molecule has 1 N–H and O–H groups in total. The number of hydrogen-bond acceptors (Lipinski definition) is 5. The number of fused-ring (bicyclic) bond motifs is 1. The molecule has 6 nitrogen and oxygen atoms in total. The van der Waals surface area contributed by atoms with E-state index in [-0.39, 0.29) is 11.8 Å². The summed E-state index contributed by atoms with van der Waals surface area (Å²) in [6.07, 6.45) is 4.09. The summed E-state index contributed by atoms with van der Waals surface area (Å²) in [5, 5.41) is 10.9. The normalized spacial score (nSPS) is 19.1. The number of anilines is 2. The average molecular weight is 423 g/mol. The Bertz CT molecular complexity index is 888. The molecular formula is C25H34N4O2. The van der Waals surface area contributed by atoms with Crippen molar-refractivity contribution >= 4 is 17.4 Å². The first-order valence-electron chi connectivity index (χ1n) is 11.6. The van der Waals surface area contributed by atoms with Crippen LogP contribution in [-0.4, -0.2) is 60.2 Å². The maximum absolute atomic E-state index is 12.6. The van der Waals surface area contributed by atoms with E-state index in [4.69, 9.17) is 0 Å². The van der Waals surface area contributed by atoms with Crippen molar-refractivity contribution in [2.75, 3.05) is 49.1 Å². The monoisotopic (exact) mass is 422 g/mol. The van der Waals surface area contributed by atoms with Crippen LogP contribution in [0.3, 0.4) is 0 Å². The minimum Gasteiger partial charge on any atom is -0.387 e. The molecular weight excluding hydrogens is 388 g/mol. The lowest BCUT2D eigenvalue weighted by Gasteiger charge is -2.25. The van der Waals surface area contributed by atoms with Gasteiger partial charge in [-0.1, -0.05) is 32.0 Å². The molecule has 6 heteroatoms. The zero-order valence-corrected chi connectivity index (χ0v) is 18.7. The summed E-state index contributed by atoms with van der Waals surface area (Å²) >= 11 is 0. The Morgan fingerprint density at radius 3 is 2.77 bits per heavy atom. The molecule has 0 spiro atoms. The van der Waals surface area contributed by atoms with E-state index in [1.54, 1.807) is 0 Å². The second-order valence-corrected chi connectivity index (χ2v) is 8.78. The summed E-state index contributed by atoms with van der Waals surface area (Å²) in [4.78, 5) is 23.7. The third-order valence-corrected chi connectivity index (χ3v) is 6.68. The number of carbonyl (C=O) groups is 1. The molecule has 1 aromatic carbocycles. The molecule has 0 unspecified atom stereocenters. The molecule has 1 amide bonds. The predicted octanol–water partition coefficient (Wildman–Crippen LogP) is 3.26. The standard InChI is InChI=1S/C25H34N4O2/c1-3-19(2)25(31)29-14-10-20-17-21(8-9-22(20)29)23(30)18-27-12-6-13-28(16-15-27)24-7-4-5-11-26-24/h4-5,7-9,11,17,19,23,30H,3,6,10,12-16,18H2,1-2H3/t19-,23+/m1/s1. The van der Waals surface area contributed by atoms with E-state index < -0.39 is 6.10 Å². The van der Waals surface area contributed by atoms with Crippen molar-refractivity contribution in [1.82, 2.24) is 9.88 Å². The van der Waals surface area contributed by atoms with Gasteiger partial charge in [-0.25, -0.2) is 4.98 Å². The number of benzene rings is 1. The molecule has 2 aliphatic rings. The molecule has 2 atom stereocenters. The Balaban J connectivity index is 1.37. The highest BCUT2D eigenvalue weighted by atomic mass is 16.3. The van der Waals surface area contributed by atoms with Crippen LogP contribution in [0.5, 0.6) is 0 Å². The highest BCUT2D eigenvalue weighted by Crippen LogP contribution is 2.32. The summed E-state index contributed by atoms with van der Waals surface area (Å²) in [5.74, 6) is 1.28. The average Bonchev–Trinajstić information content (AvgIpc) is 3.09. The van der Waals surface area contributed by atoms with Crippen molar-refractivity contribution in [3.63, 3.8) is 0 Å². The number of aromatic nitrogens is 1. The Hall–Kier alpha value is -2.44. The fraction of sp³-hybridized carbons (Fsp3) is 0.520. The SMILES string of the molecule is CC[C@@H](C)C(=O)N1CCc2cc([C@@H](O)CN3CCCN(c4ccccn4)CC3)ccc21. The lowest BCUT2D eigenvalue weighted by molar-refractivity contribution is -0.121. The minimum atomic E-state index is -0.522. The Morgan fingerprint density at radius 2 is 2.00 bits per heavy atom. The number of aliphatic hydroxyl groups excluding tert-OH is 1. The van der Waals surface area contributed by atoms with Crippen LogP contribution in [-0.2, 0) is 11.2 Å². The van der Waals surface area contributed by atoms with Crippen molar-refractivity contribution < 1.29 is 9.90 Å². The van der Waals surface area contributed by atoms with Gasteiger partial charge in [-0.2, -0.15) is 0 Å². The fourth-order valence-electron chi connectivity index (χ4n) is 4.57. The highest BCUT2D eigenvalue weighted by molar-refractivity contribution is 5.96. The van der Waals surface area contributed by atoms with Gasteiger partial charge in [0.25, 0.3) is 0 Å². The molecule has 1 aromatic heterocycles. The van der Waals surface area contributed by atoms with E-state index >= 15 is 0 Å². The maximum atomic E-state index is 12.6. The van der Waals surface area contributed by atoms with Gasteiger partial charge in [0.2, 0.25) is 5.91 Å². The van der Waals surface area contributed by atoms with Crippen LogP contribution in [0.1, 0.15) is 43.9 Å². The summed E-state index contributed by atoms with van der Waals surface area (Å²) in [5.41, 5.74) is 3.13. The fourth-order valence-corrected chi connectivity index (χ4v) is 4.57. The number of carbonyl (C=O) groups excluding carboxylic acids is 1. The molecule has 0 radical (unpaired) electrons. The third-order valence-electron chi connectivity index (χ3n) is 6.68. The Morgan fingerprint density at radius 1 is 1.13 bits per heavy atom. The van der Waals surface area contributed by atoms with Crippen LogP contribution in [0.15, 0.2) is 42.6 Å². The molecule has 1 fully saturated rings. The molecule has 31 heavy (non-hydrogen) atoms. The first kappa shape index (κ1) is 21.8. The number of hydrogen-bond donors (Lipinski definition) is 1. The molecule has 4 rings (SSSR count). The van der Waals surface area contributed by atoms with Crippen LogP contribution in [0.2, 0.25) is 0 Å². The van der Waals surface area contributed by atoms with Crippen LogP contribution in [0.25, 0.3) is 0 Å². The van der Waals surface area contributed by atoms with E-state index in [0.29, 0.717) is 6.54 Å². The van der Waals surface area contributed by atoms with Gasteiger partial charge in [0.1, 0.15) is 5.82 Å². The zero-order chi connectivity index (χ0) is 21.8. The van der Waals surface area contributed by atoms with Gasteiger partial charge >= 0.3 is 0 Å². The zero-order valence-electron chi connectivity index (χ0n) is 18.7. The number of β-amino-alcohol motifs (C(OH)–C–C–N with tert-alkyl or cyclic N) is 1. The molecule has 1 saturated heterocycles. The van der Waals surface area contributed by atoms with Crippen molar-refractivity contribution in [2.24, 2.45) is 5.92 Å². The number of amides is 1. The predicted molar refractivity (Wildman–Crippen MR) is 124 cm³/mol. The van der Waals surface area contributed by atoms with E-state index in [9.17, 15) is 9.90 Å². The van der Waals surface area contributed by atoms with Gasteiger partial charge in [0, 0.05) is 57.1 Å². The highest BCUT2D eigenvalue weighted by Gasteiger charge is 2.28. The first-order chi connectivity index (χ1) is 15.1. The van der Waals surface area contributed by atoms with Crippen LogP contribution in [0.4, 0.5) is 11.5 Å². The van der Waals surface area contributed by atoms with Gasteiger partial charge < -0.3 is 14.9 Å². The molecule has 0 aliphatic carbocycles. The Labute approximate surface area is 185 Å². The largest absolute Gasteiger partial charge is 0.387 e. The molecule has 3 heterocycles. The number of pyridine rings is 1. The van der Waals surface area contributed by atoms with Crippen molar-refractivity contribution in [2.45, 2.75) is 39.2 Å². The van der Waals surface area contributed by atoms with Gasteiger partial charge in [-0.3, -0.25) is 9.69 Å². The molecule has 0 saturated carbocycles. The Kier molecular flexibility index (Phi) is 6.88. The van der Waals surface area contributed by atoms with E-state index in [2.05, 4.69) is 33.8 Å². The van der Waals surface area contributed by atoms with Gasteiger partial charge in [0.15, 0.2) is 0 Å². The second kappa shape index (κ2) is 9.79. The number of nitrogens with zero attached hydrogens (tertiary/aromatic N) is 4. The third kappa shape index (κ3) is 4.91. The summed E-state index contributed by atoms with van der Waals surface area (Å²) in [6.45, 7) is 9.21. The van der Waals surface area contributed by atoms with Gasteiger partial charge in [0.05, 0.1) is 6.10 Å². The molecule has 166 valence electrons. The molecule has 0 bridgehead atoms. The van der Waals surface area contributed by atoms with E-state index in [0.717, 1.165) is 69.1 Å².